The average molecular weight is 462 g/mol. The van der Waals surface area contributed by atoms with Gasteiger partial charge in [-0.1, -0.05) is 28.1 Å². The van der Waals surface area contributed by atoms with Crippen molar-refractivity contribution in [1.82, 2.24) is 14.8 Å². The molecular formula is C22H16BrN5O2. The van der Waals surface area contributed by atoms with Crippen LogP contribution in [0.4, 0.5) is 5.82 Å². The average Bonchev–Trinajstić information content (AvgIpc) is 3.18. The van der Waals surface area contributed by atoms with Crippen LogP contribution in [0.25, 0.3) is 16.8 Å². The molecule has 0 saturated heterocycles. The molecule has 2 amide bonds. The lowest BCUT2D eigenvalue weighted by molar-refractivity contribution is 0.0997. The van der Waals surface area contributed by atoms with Crippen LogP contribution in [-0.4, -0.2) is 26.6 Å². The van der Waals surface area contributed by atoms with Gasteiger partial charge in [-0.3, -0.25) is 14.6 Å². The van der Waals surface area contributed by atoms with Gasteiger partial charge in [0, 0.05) is 28.0 Å². The van der Waals surface area contributed by atoms with Gasteiger partial charge in [-0.2, -0.15) is 5.10 Å². The van der Waals surface area contributed by atoms with E-state index in [9.17, 15) is 9.59 Å². The Labute approximate surface area is 180 Å². The van der Waals surface area contributed by atoms with Crippen molar-refractivity contribution in [3.8, 4) is 16.8 Å². The van der Waals surface area contributed by atoms with Crippen LogP contribution in [0.15, 0.2) is 83.7 Å². The molecule has 0 fully saturated rings. The Bertz CT molecular complexity index is 1200. The van der Waals surface area contributed by atoms with Crippen LogP contribution in [0.3, 0.4) is 0 Å². The fourth-order valence-electron chi connectivity index (χ4n) is 2.95. The van der Waals surface area contributed by atoms with Crippen LogP contribution >= 0.6 is 15.9 Å². The number of nitrogens with two attached hydrogens (primary N) is 1. The molecule has 2 aromatic carbocycles. The Morgan fingerprint density at radius 2 is 1.67 bits per heavy atom. The number of pyridine rings is 1. The Kier molecular flexibility index (Phi) is 5.40. The molecular weight excluding hydrogens is 446 g/mol. The summed E-state index contributed by atoms with van der Waals surface area (Å²) in [6.07, 6.45) is 4.77. The van der Waals surface area contributed by atoms with Gasteiger partial charge in [0.1, 0.15) is 5.82 Å². The summed E-state index contributed by atoms with van der Waals surface area (Å²) < 4.78 is 2.58. The highest BCUT2D eigenvalue weighted by Gasteiger charge is 2.18. The van der Waals surface area contributed by atoms with Crippen molar-refractivity contribution < 1.29 is 9.59 Å². The number of rotatable bonds is 5. The van der Waals surface area contributed by atoms with E-state index < -0.39 is 5.91 Å². The van der Waals surface area contributed by atoms with Crippen LogP contribution in [0, 0.1) is 0 Å². The first-order valence-corrected chi connectivity index (χ1v) is 9.78. The largest absolute Gasteiger partial charge is 0.366 e. The zero-order valence-electron chi connectivity index (χ0n) is 15.6. The highest BCUT2D eigenvalue weighted by atomic mass is 79.9. The maximum Gasteiger partial charge on any atom is 0.258 e. The Morgan fingerprint density at radius 3 is 2.30 bits per heavy atom. The third-order valence-electron chi connectivity index (χ3n) is 4.48. The van der Waals surface area contributed by atoms with Gasteiger partial charge in [-0.05, 0) is 54.1 Å². The number of nitrogens with zero attached hydrogens (tertiary/aromatic N) is 3. The lowest BCUT2D eigenvalue weighted by Crippen LogP contribution is -2.16. The fraction of sp³-hybridized carbons (Fsp3) is 0. The van der Waals surface area contributed by atoms with E-state index in [1.54, 1.807) is 53.5 Å². The van der Waals surface area contributed by atoms with Gasteiger partial charge in [0.25, 0.3) is 5.91 Å². The number of primary amides is 1. The fourth-order valence-corrected chi connectivity index (χ4v) is 3.21. The minimum atomic E-state index is -0.503. The van der Waals surface area contributed by atoms with Crippen LogP contribution in [0.5, 0.6) is 0 Å². The molecule has 4 rings (SSSR count). The smallest absolute Gasteiger partial charge is 0.258 e. The lowest BCUT2D eigenvalue weighted by Gasteiger charge is -2.12. The summed E-state index contributed by atoms with van der Waals surface area (Å²) in [6, 6.07) is 17.8. The molecule has 8 heteroatoms. The van der Waals surface area contributed by atoms with E-state index in [-0.39, 0.29) is 5.91 Å². The molecule has 2 aromatic heterocycles. The van der Waals surface area contributed by atoms with Gasteiger partial charge in [-0.25, -0.2) is 4.68 Å². The predicted molar refractivity (Wildman–Crippen MR) is 117 cm³/mol. The van der Waals surface area contributed by atoms with E-state index in [0.717, 1.165) is 15.7 Å². The Hall–Kier alpha value is -3.78. The molecule has 0 aliphatic rings. The molecule has 3 N–H and O–H groups in total. The van der Waals surface area contributed by atoms with E-state index in [1.165, 1.54) is 6.20 Å². The summed E-state index contributed by atoms with van der Waals surface area (Å²) in [4.78, 5) is 28.2. The minimum absolute atomic E-state index is 0.308. The number of carbonyl (C=O) groups is 2. The van der Waals surface area contributed by atoms with E-state index in [1.807, 2.05) is 24.3 Å². The molecule has 0 spiro atoms. The highest BCUT2D eigenvalue weighted by molar-refractivity contribution is 9.10. The number of carbonyl (C=O) groups excluding carboxylic acids is 2. The standard InChI is InChI=1S/C22H16BrN5O2/c23-17-7-9-18(10-8-17)28-21(27-22(30)16-2-1-11-25-12-16)19(13-26-28)14-3-5-15(6-4-14)20(24)29/h1-13H,(H2,24,29)(H,27,30). The summed E-state index contributed by atoms with van der Waals surface area (Å²) in [5.41, 5.74) is 8.42. The number of anilines is 1. The number of hydrogen-bond donors (Lipinski definition) is 2. The zero-order chi connectivity index (χ0) is 21.1. The topological polar surface area (TPSA) is 103 Å². The number of nitrogens with one attached hydrogen (secondary N) is 1. The lowest BCUT2D eigenvalue weighted by atomic mass is 10.1. The van der Waals surface area contributed by atoms with E-state index in [0.29, 0.717) is 22.5 Å². The first-order chi connectivity index (χ1) is 14.5. The molecule has 148 valence electrons. The summed E-state index contributed by atoms with van der Waals surface area (Å²) >= 11 is 3.42. The molecule has 0 atom stereocenters. The number of amides is 2. The second kappa shape index (κ2) is 8.30. The molecule has 0 aliphatic heterocycles. The van der Waals surface area contributed by atoms with Crippen molar-refractivity contribution in [3.05, 3.63) is 94.9 Å². The molecule has 4 aromatic rings. The molecule has 30 heavy (non-hydrogen) atoms. The van der Waals surface area contributed by atoms with E-state index in [4.69, 9.17) is 5.73 Å². The number of benzene rings is 2. The normalized spacial score (nSPS) is 10.6. The van der Waals surface area contributed by atoms with Crippen LogP contribution in [-0.2, 0) is 0 Å². The van der Waals surface area contributed by atoms with Crippen molar-refractivity contribution >= 4 is 33.6 Å². The second-order valence-corrected chi connectivity index (χ2v) is 7.35. The van der Waals surface area contributed by atoms with Crippen LogP contribution in [0.1, 0.15) is 20.7 Å². The first kappa shape index (κ1) is 19.5. The molecule has 0 unspecified atom stereocenters. The van der Waals surface area contributed by atoms with E-state index in [2.05, 4.69) is 31.3 Å². The van der Waals surface area contributed by atoms with Gasteiger partial charge < -0.3 is 11.1 Å². The quantitative estimate of drug-likeness (QED) is 0.467. The molecule has 0 aliphatic carbocycles. The maximum absolute atomic E-state index is 12.8. The molecule has 7 nitrogen and oxygen atoms in total. The molecule has 0 bridgehead atoms. The monoisotopic (exact) mass is 461 g/mol. The predicted octanol–water partition coefficient (Wildman–Crippen LogP) is 4.05. The Morgan fingerprint density at radius 1 is 0.933 bits per heavy atom. The summed E-state index contributed by atoms with van der Waals surface area (Å²) in [5, 5.41) is 7.42. The highest BCUT2D eigenvalue weighted by Crippen LogP contribution is 2.31. The van der Waals surface area contributed by atoms with Gasteiger partial charge in [-0.15, -0.1) is 0 Å². The summed E-state index contributed by atoms with van der Waals surface area (Å²) in [7, 11) is 0. The number of halogens is 1. The summed E-state index contributed by atoms with van der Waals surface area (Å²) in [6.45, 7) is 0. The second-order valence-electron chi connectivity index (χ2n) is 6.43. The first-order valence-electron chi connectivity index (χ1n) is 8.98. The molecule has 0 saturated carbocycles. The SMILES string of the molecule is NC(=O)c1ccc(-c2cnn(-c3ccc(Br)cc3)c2NC(=O)c2cccnc2)cc1. The number of hydrogen-bond acceptors (Lipinski definition) is 4. The number of aromatic nitrogens is 3. The third-order valence-corrected chi connectivity index (χ3v) is 5.01. The third kappa shape index (κ3) is 3.99. The van der Waals surface area contributed by atoms with Crippen molar-refractivity contribution in [2.75, 3.05) is 5.32 Å². The van der Waals surface area contributed by atoms with Crippen LogP contribution < -0.4 is 11.1 Å². The summed E-state index contributed by atoms with van der Waals surface area (Å²) in [5.74, 6) is -0.313. The van der Waals surface area contributed by atoms with Crippen LogP contribution in [0.2, 0.25) is 0 Å². The van der Waals surface area contributed by atoms with Gasteiger partial charge >= 0.3 is 0 Å². The Balaban J connectivity index is 1.79. The minimum Gasteiger partial charge on any atom is -0.366 e. The van der Waals surface area contributed by atoms with Crippen molar-refractivity contribution in [1.29, 1.82) is 0 Å². The molecule has 0 radical (unpaired) electrons. The molecule has 2 heterocycles. The maximum atomic E-state index is 12.8. The zero-order valence-corrected chi connectivity index (χ0v) is 17.2. The van der Waals surface area contributed by atoms with Crippen molar-refractivity contribution in [2.24, 2.45) is 5.73 Å². The van der Waals surface area contributed by atoms with Crippen molar-refractivity contribution in [2.45, 2.75) is 0 Å². The van der Waals surface area contributed by atoms with Gasteiger partial charge in [0.05, 0.1) is 17.4 Å². The van der Waals surface area contributed by atoms with Gasteiger partial charge in [0.15, 0.2) is 0 Å². The van der Waals surface area contributed by atoms with Crippen molar-refractivity contribution in [3.63, 3.8) is 0 Å². The van der Waals surface area contributed by atoms with E-state index >= 15 is 0 Å². The van der Waals surface area contributed by atoms with Gasteiger partial charge in [0.2, 0.25) is 5.91 Å².